The van der Waals surface area contributed by atoms with Crippen molar-refractivity contribution in [2.45, 2.75) is 19.3 Å². The van der Waals surface area contributed by atoms with E-state index in [9.17, 15) is 4.79 Å². The number of urea groups is 1. The fourth-order valence-electron chi connectivity index (χ4n) is 1.52. The molecule has 1 aromatic heterocycles. The van der Waals surface area contributed by atoms with Gasteiger partial charge < -0.3 is 15.4 Å². The van der Waals surface area contributed by atoms with E-state index in [0.717, 1.165) is 18.9 Å². The van der Waals surface area contributed by atoms with E-state index in [2.05, 4.69) is 15.6 Å². The van der Waals surface area contributed by atoms with Crippen LogP contribution in [-0.2, 0) is 4.74 Å². The normalized spacial score (nSPS) is 14.2. The molecule has 0 aromatic carbocycles. The number of pyridine rings is 1. The molecule has 0 radical (unpaired) electrons. The van der Waals surface area contributed by atoms with E-state index in [4.69, 9.17) is 4.74 Å². The molecule has 5 nitrogen and oxygen atoms in total. The van der Waals surface area contributed by atoms with Gasteiger partial charge in [0.25, 0.3) is 0 Å². The molecule has 2 amide bonds. The minimum atomic E-state index is -0.204. The average Bonchev–Trinajstić information content (AvgIpc) is 3.19. The highest BCUT2D eigenvalue weighted by Gasteiger charge is 2.20. The minimum Gasteiger partial charge on any atom is -0.381 e. The standard InChI is InChI=1S/C13H19N3O2/c17-13(16-12-3-1-6-14-9-12)15-7-2-8-18-10-11-4-5-11/h1,3,6,9,11H,2,4-5,7-8,10H2,(H2,15,16,17). The van der Waals surface area contributed by atoms with Crippen molar-refractivity contribution in [1.82, 2.24) is 10.3 Å². The SMILES string of the molecule is O=C(NCCCOCC1CC1)Nc1cccnc1. The quantitative estimate of drug-likeness (QED) is 0.727. The predicted molar refractivity (Wildman–Crippen MR) is 69.4 cm³/mol. The number of carbonyl (C=O) groups is 1. The molecule has 2 N–H and O–H groups in total. The molecule has 1 aromatic rings. The van der Waals surface area contributed by atoms with Crippen LogP contribution in [0.4, 0.5) is 10.5 Å². The summed E-state index contributed by atoms with van der Waals surface area (Å²) in [4.78, 5) is 15.4. The largest absolute Gasteiger partial charge is 0.381 e. The maximum atomic E-state index is 11.5. The Kier molecular flexibility index (Phi) is 4.96. The monoisotopic (exact) mass is 249 g/mol. The van der Waals surface area contributed by atoms with Crippen molar-refractivity contribution < 1.29 is 9.53 Å². The van der Waals surface area contributed by atoms with Gasteiger partial charge in [0.2, 0.25) is 0 Å². The molecule has 0 saturated heterocycles. The number of hydrogen-bond acceptors (Lipinski definition) is 3. The summed E-state index contributed by atoms with van der Waals surface area (Å²) in [5.74, 6) is 0.798. The minimum absolute atomic E-state index is 0.204. The summed E-state index contributed by atoms with van der Waals surface area (Å²) in [7, 11) is 0. The Morgan fingerprint density at radius 2 is 2.39 bits per heavy atom. The number of nitrogens with zero attached hydrogens (tertiary/aromatic N) is 1. The molecule has 1 heterocycles. The molecule has 0 bridgehead atoms. The van der Waals surface area contributed by atoms with Gasteiger partial charge in [0.15, 0.2) is 0 Å². The zero-order valence-electron chi connectivity index (χ0n) is 10.4. The van der Waals surface area contributed by atoms with Crippen molar-refractivity contribution in [3.63, 3.8) is 0 Å². The molecule has 5 heteroatoms. The van der Waals surface area contributed by atoms with Gasteiger partial charge in [-0.2, -0.15) is 0 Å². The summed E-state index contributed by atoms with van der Waals surface area (Å²) in [6, 6.07) is 3.37. The van der Waals surface area contributed by atoms with E-state index in [1.165, 1.54) is 12.8 Å². The van der Waals surface area contributed by atoms with E-state index in [1.54, 1.807) is 24.5 Å². The van der Waals surface area contributed by atoms with Gasteiger partial charge in [0, 0.05) is 26.0 Å². The molecule has 1 fully saturated rings. The van der Waals surface area contributed by atoms with Crippen molar-refractivity contribution in [2.24, 2.45) is 5.92 Å². The molecule has 18 heavy (non-hydrogen) atoms. The molecule has 0 atom stereocenters. The van der Waals surface area contributed by atoms with Crippen LogP contribution in [0.2, 0.25) is 0 Å². The number of amides is 2. The summed E-state index contributed by atoms with van der Waals surface area (Å²) in [5.41, 5.74) is 0.694. The highest BCUT2D eigenvalue weighted by atomic mass is 16.5. The van der Waals surface area contributed by atoms with Crippen molar-refractivity contribution in [2.75, 3.05) is 25.1 Å². The van der Waals surface area contributed by atoms with E-state index >= 15 is 0 Å². The molecule has 1 aliphatic carbocycles. The van der Waals surface area contributed by atoms with Gasteiger partial charge in [-0.25, -0.2) is 4.79 Å². The Labute approximate surface area is 107 Å². The third-order valence-corrected chi connectivity index (χ3v) is 2.72. The lowest BCUT2D eigenvalue weighted by Crippen LogP contribution is -2.30. The van der Waals surface area contributed by atoms with Crippen molar-refractivity contribution >= 4 is 11.7 Å². The van der Waals surface area contributed by atoms with Crippen molar-refractivity contribution in [1.29, 1.82) is 0 Å². The Morgan fingerprint density at radius 3 is 3.11 bits per heavy atom. The van der Waals surface area contributed by atoms with Gasteiger partial charge in [-0.15, -0.1) is 0 Å². The molecule has 0 spiro atoms. The summed E-state index contributed by atoms with van der Waals surface area (Å²) in [5, 5.41) is 5.48. The maximum absolute atomic E-state index is 11.5. The first-order valence-electron chi connectivity index (χ1n) is 6.37. The fraction of sp³-hybridized carbons (Fsp3) is 0.538. The van der Waals surface area contributed by atoms with E-state index in [0.29, 0.717) is 18.8 Å². The van der Waals surface area contributed by atoms with Crippen LogP contribution >= 0.6 is 0 Å². The third kappa shape index (κ3) is 5.14. The van der Waals surface area contributed by atoms with Gasteiger partial charge in [-0.1, -0.05) is 0 Å². The molecule has 1 aliphatic rings. The maximum Gasteiger partial charge on any atom is 0.319 e. The Bertz CT molecular complexity index is 366. The molecule has 0 aliphatic heterocycles. The number of rotatable bonds is 7. The van der Waals surface area contributed by atoms with Crippen molar-refractivity contribution in [3.05, 3.63) is 24.5 Å². The zero-order valence-corrected chi connectivity index (χ0v) is 10.4. The molecular weight excluding hydrogens is 230 g/mol. The van der Waals surface area contributed by atoms with Crippen LogP contribution < -0.4 is 10.6 Å². The lowest BCUT2D eigenvalue weighted by molar-refractivity contribution is 0.122. The van der Waals surface area contributed by atoms with Crippen LogP contribution in [0.1, 0.15) is 19.3 Å². The zero-order chi connectivity index (χ0) is 12.6. The number of ether oxygens (including phenoxy) is 1. The number of hydrogen-bond donors (Lipinski definition) is 2. The van der Waals surface area contributed by atoms with Gasteiger partial charge >= 0.3 is 6.03 Å². The van der Waals surface area contributed by atoms with Crippen molar-refractivity contribution in [3.8, 4) is 0 Å². The smallest absolute Gasteiger partial charge is 0.319 e. The molecule has 1 saturated carbocycles. The summed E-state index contributed by atoms with van der Waals surface area (Å²) in [6.07, 6.45) is 6.74. The van der Waals surface area contributed by atoms with Crippen LogP contribution in [0.15, 0.2) is 24.5 Å². The summed E-state index contributed by atoms with van der Waals surface area (Å²) in [6.45, 7) is 2.21. The van der Waals surface area contributed by atoms with Gasteiger partial charge in [-0.05, 0) is 37.3 Å². The molecular formula is C13H19N3O2. The molecule has 2 rings (SSSR count). The lowest BCUT2D eigenvalue weighted by Gasteiger charge is -2.07. The first-order chi connectivity index (χ1) is 8.84. The fourth-order valence-corrected chi connectivity index (χ4v) is 1.52. The van der Waals surface area contributed by atoms with Crippen LogP contribution in [0, 0.1) is 5.92 Å². The number of aromatic nitrogens is 1. The van der Waals surface area contributed by atoms with Gasteiger partial charge in [-0.3, -0.25) is 4.98 Å². The Hall–Kier alpha value is -1.62. The Balaban J connectivity index is 1.49. The van der Waals surface area contributed by atoms with Crippen LogP contribution in [0.25, 0.3) is 0 Å². The molecule has 0 unspecified atom stereocenters. The summed E-state index contributed by atoms with van der Waals surface area (Å²) >= 11 is 0. The second-order valence-electron chi connectivity index (χ2n) is 4.49. The van der Waals surface area contributed by atoms with Gasteiger partial charge in [0.1, 0.15) is 0 Å². The van der Waals surface area contributed by atoms with Gasteiger partial charge in [0.05, 0.1) is 11.9 Å². The highest BCUT2D eigenvalue weighted by molar-refractivity contribution is 5.88. The van der Waals surface area contributed by atoms with Crippen LogP contribution in [-0.4, -0.2) is 30.8 Å². The first kappa shape index (κ1) is 12.8. The lowest BCUT2D eigenvalue weighted by atomic mass is 10.4. The number of anilines is 1. The van der Waals surface area contributed by atoms with Crippen LogP contribution in [0.5, 0.6) is 0 Å². The topological polar surface area (TPSA) is 63.2 Å². The predicted octanol–water partition coefficient (Wildman–Crippen LogP) is 2.02. The second-order valence-corrected chi connectivity index (χ2v) is 4.49. The van der Waals surface area contributed by atoms with E-state index < -0.39 is 0 Å². The highest BCUT2D eigenvalue weighted by Crippen LogP contribution is 2.28. The third-order valence-electron chi connectivity index (χ3n) is 2.72. The van der Waals surface area contributed by atoms with E-state index in [1.807, 2.05) is 0 Å². The average molecular weight is 249 g/mol. The number of carbonyl (C=O) groups excluding carboxylic acids is 1. The summed E-state index contributed by atoms with van der Waals surface area (Å²) < 4.78 is 5.48. The number of nitrogens with one attached hydrogen (secondary N) is 2. The Morgan fingerprint density at radius 1 is 1.50 bits per heavy atom. The molecule has 98 valence electrons. The van der Waals surface area contributed by atoms with Crippen LogP contribution in [0.3, 0.4) is 0 Å². The first-order valence-corrected chi connectivity index (χ1v) is 6.37. The second kappa shape index (κ2) is 6.96. The van der Waals surface area contributed by atoms with E-state index in [-0.39, 0.29) is 6.03 Å².